The highest BCUT2D eigenvalue weighted by atomic mass is 19.2. The molecular weight excluding hydrogens is 316 g/mol. The number of aromatic amines is 1. The smallest absolute Gasteiger partial charge is 0.280 e. The average Bonchev–Trinajstić information content (AvgIpc) is 2.94. The second-order valence-electron chi connectivity index (χ2n) is 5.52. The maximum atomic E-state index is 14.9. The number of H-pyrrole nitrogens is 1. The van der Waals surface area contributed by atoms with Gasteiger partial charge in [-0.05, 0) is 6.92 Å². The summed E-state index contributed by atoms with van der Waals surface area (Å²) in [6, 6.07) is 0. The van der Waals surface area contributed by atoms with Gasteiger partial charge in [0, 0.05) is 7.11 Å². The highest BCUT2D eigenvalue weighted by Crippen LogP contribution is 2.48. The Morgan fingerprint density at radius 3 is 2.96 bits per heavy atom. The number of nitrogens with one attached hydrogen (secondary N) is 1. The Labute approximate surface area is 128 Å². The number of halogens is 2. The molecule has 0 aromatic carbocycles. The van der Waals surface area contributed by atoms with Crippen LogP contribution in [-0.4, -0.2) is 56.0 Å². The van der Waals surface area contributed by atoms with Gasteiger partial charge in [-0.2, -0.15) is 4.98 Å². The number of nitrogen functional groups attached to an aromatic ring is 1. The fourth-order valence-electron chi connectivity index (χ4n) is 2.67. The van der Waals surface area contributed by atoms with E-state index in [0.29, 0.717) is 0 Å². The van der Waals surface area contributed by atoms with Gasteiger partial charge in [-0.3, -0.25) is 14.3 Å². The third-order valence-electron chi connectivity index (χ3n) is 3.78. The number of aromatic nitrogens is 4. The van der Waals surface area contributed by atoms with Crippen molar-refractivity contribution in [3.05, 3.63) is 16.7 Å². The molecule has 0 radical (unpaired) electrons. The SMILES string of the molecule is COC[C@@]1(F)O[C@@H](n2cnc3c(=O)[nH]c(N)nc32)[C@](C)(F)[C@@H]1O. The van der Waals surface area contributed by atoms with Crippen LogP contribution in [0.3, 0.4) is 0 Å². The zero-order chi connectivity index (χ0) is 17.0. The average molecular weight is 331 g/mol. The molecule has 0 saturated carbocycles. The molecule has 9 nitrogen and oxygen atoms in total. The van der Waals surface area contributed by atoms with Gasteiger partial charge < -0.3 is 20.3 Å². The Morgan fingerprint density at radius 2 is 2.30 bits per heavy atom. The summed E-state index contributed by atoms with van der Waals surface area (Å²) < 4.78 is 40.3. The van der Waals surface area contributed by atoms with Crippen molar-refractivity contribution in [2.24, 2.45) is 0 Å². The normalized spacial score (nSPS) is 34.3. The van der Waals surface area contributed by atoms with Gasteiger partial charge >= 0.3 is 0 Å². The molecule has 0 spiro atoms. The molecule has 23 heavy (non-hydrogen) atoms. The zero-order valence-corrected chi connectivity index (χ0v) is 12.3. The minimum atomic E-state index is -2.76. The Kier molecular flexibility index (Phi) is 3.39. The topological polar surface area (TPSA) is 128 Å². The van der Waals surface area contributed by atoms with Gasteiger partial charge in [0.15, 0.2) is 29.2 Å². The summed E-state index contributed by atoms with van der Waals surface area (Å²) in [6.45, 7) is 0.300. The summed E-state index contributed by atoms with van der Waals surface area (Å²) in [5.41, 5.74) is 2.10. The lowest BCUT2D eigenvalue weighted by Crippen LogP contribution is -2.46. The van der Waals surface area contributed by atoms with E-state index in [1.165, 1.54) is 7.11 Å². The first kappa shape index (κ1) is 15.8. The number of aliphatic hydroxyl groups is 1. The van der Waals surface area contributed by atoms with E-state index in [1.54, 1.807) is 0 Å². The lowest BCUT2D eigenvalue weighted by molar-refractivity contribution is -0.210. The summed E-state index contributed by atoms with van der Waals surface area (Å²) in [5, 5.41) is 9.96. The van der Waals surface area contributed by atoms with Gasteiger partial charge in [0.25, 0.3) is 11.4 Å². The van der Waals surface area contributed by atoms with Crippen molar-refractivity contribution < 1.29 is 23.4 Å². The summed E-state index contributed by atoms with van der Waals surface area (Å²) >= 11 is 0. The highest BCUT2D eigenvalue weighted by molar-refractivity contribution is 5.70. The van der Waals surface area contributed by atoms with Gasteiger partial charge in [-0.15, -0.1) is 0 Å². The fourth-order valence-corrected chi connectivity index (χ4v) is 2.67. The number of hydrogen-bond acceptors (Lipinski definition) is 7. The molecule has 4 N–H and O–H groups in total. The Bertz CT molecular complexity index is 806. The number of fused-ring (bicyclic) bond motifs is 1. The van der Waals surface area contributed by atoms with Crippen LogP contribution < -0.4 is 11.3 Å². The van der Waals surface area contributed by atoms with Crippen LogP contribution in [0.1, 0.15) is 13.2 Å². The van der Waals surface area contributed by atoms with Crippen molar-refractivity contribution in [1.29, 1.82) is 0 Å². The molecular formula is C12H15F2N5O4. The molecule has 4 atom stereocenters. The van der Waals surface area contributed by atoms with Crippen LogP contribution in [0.25, 0.3) is 11.2 Å². The molecule has 3 rings (SSSR count). The Morgan fingerprint density at radius 1 is 1.61 bits per heavy atom. The first-order valence-electron chi connectivity index (χ1n) is 6.65. The minimum Gasteiger partial charge on any atom is -0.384 e. The van der Waals surface area contributed by atoms with Crippen molar-refractivity contribution in [3.8, 4) is 0 Å². The lowest BCUT2D eigenvalue weighted by Gasteiger charge is -2.24. The van der Waals surface area contributed by atoms with Crippen LogP contribution in [0, 0.1) is 0 Å². The quantitative estimate of drug-likeness (QED) is 0.700. The number of anilines is 1. The molecule has 3 heterocycles. The van der Waals surface area contributed by atoms with E-state index in [4.69, 9.17) is 10.5 Å². The van der Waals surface area contributed by atoms with Crippen LogP contribution in [0.15, 0.2) is 11.1 Å². The zero-order valence-electron chi connectivity index (χ0n) is 12.3. The predicted octanol–water partition coefficient (Wildman–Crippen LogP) is -0.368. The summed E-state index contributed by atoms with van der Waals surface area (Å²) in [6.07, 6.45) is -2.66. The number of imidazole rings is 1. The molecule has 0 amide bonds. The maximum absolute atomic E-state index is 14.9. The number of aliphatic hydroxyl groups excluding tert-OH is 1. The first-order valence-corrected chi connectivity index (χ1v) is 6.65. The molecule has 0 aliphatic carbocycles. The molecule has 2 aromatic heterocycles. The highest BCUT2D eigenvalue weighted by Gasteiger charge is 2.64. The second-order valence-corrected chi connectivity index (χ2v) is 5.52. The van der Waals surface area contributed by atoms with Crippen LogP contribution in [0.2, 0.25) is 0 Å². The number of alkyl halides is 2. The molecule has 1 fully saturated rings. The number of nitrogens with zero attached hydrogens (tertiary/aromatic N) is 3. The Balaban J connectivity index is 2.14. The van der Waals surface area contributed by atoms with Crippen molar-refractivity contribution in [3.63, 3.8) is 0 Å². The predicted molar refractivity (Wildman–Crippen MR) is 73.9 cm³/mol. The summed E-state index contributed by atoms with van der Waals surface area (Å²) in [7, 11) is 1.19. The van der Waals surface area contributed by atoms with Gasteiger partial charge in [-0.1, -0.05) is 0 Å². The summed E-state index contributed by atoms with van der Waals surface area (Å²) in [4.78, 5) is 21.7. The van der Waals surface area contributed by atoms with Crippen LogP contribution in [0.5, 0.6) is 0 Å². The Hall–Kier alpha value is -2.11. The molecule has 1 aliphatic rings. The molecule has 1 aliphatic heterocycles. The minimum absolute atomic E-state index is 0.0889. The number of ether oxygens (including phenoxy) is 2. The molecule has 0 bridgehead atoms. The number of methoxy groups -OCH3 is 1. The maximum Gasteiger partial charge on any atom is 0.280 e. The van der Waals surface area contributed by atoms with E-state index in [-0.39, 0.29) is 17.1 Å². The lowest BCUT2D eigenvalue weighted by atomic mass is 9.97. The molecule has 2 aromatic rings. The monoisotopic (exact) mass is 331 g/mol. The largest absolute Gasteiger partial charge is 0.384 e. The van der Waals surface area contributed by atoms with Gasteiger partial charge in [-0.25, -0.2) is 13.8 Å². The number of nitrogens with two attached hydrogens (primary N) is 1. The van der Waals surface area contributed by atoms with Crippen molar-refractivity contribution >= 4 is 17.1 Å². The molecule has 126 valence electrons. The van der Waals surface area contributed by atoms with Crippen LogP contribution in [0.4, 0.5) is 14.7 Å². The van der Waals surface area contributed by atoms with Gasteiger partial charge in [0.1, 0.15) is 6.61 Å². The van der Waals surface area contributed by atoms with Gasteiger partial charge in [0.2, 0.25) is 5.95 Å². The third kappa shape index (κ3) is 2.19. The van der Waals surface area contributed by atoms with Crippen molar-refractivity contribution in [1.82, 2.24) is 19.5 Å². The molecule has 11 heteroatoms. The standard InChI is InChI=1S/C12H15F2N5O4/c1-11(13)8(21)12(14,3-22-2)23-9(11)19-4-16-5-6(19)17-10(15)18-7(5)20/h4,8-9,21H,3H2,1-2H3,(H3,15,17,18,20)/t8-,9+,11+,12+/m0/s1. The van der Waals surface area contributed by atoms with E-state index < -0.39 is 36.0 Å². The van der Waals surface area contributed by atoms with Crippen LogP contribution >= 0.6 is 0 Å². The van der Waals surface area contributed by atoms with Crippen molar-refractivity contribution in [2.45, 2.75) is 30.8 Å². The van der Waals surface area contributed by atoms with E-state index in [9.17, 15) is 18.7 Å². The van der Waals surface area contributed by atoms with E-state index in [0.717, 1.165) is 17.8 Å². The van der Waals surface area contributed by atoms with Crippen molar-refractivity contribution in [2.75, 3.05) is 19.5 Å². The fraction of sp³-hybridized carbons (Fsp3) is 0.583. The van der Waals surface area contributed by atoms with E-state index in [1.807, 2.05) is 0 Å². The molecule has 0 unspecified atom stereocenters. The van der Waals surface area contributed by atoms with Gasteiger partial charge in [0.05, 0.1) is 6.33 Å². The third-order valence-corrected chi connectivity index (χ3v) is 3.78. The number of hydrogen-bond donors (Lipinski definition) is 3. The van der Waals surface area contributed by atoms with E-state index >= 15 is 0 Å². The van der Waals surface area contributed by atoms with E-state index in [2.05, 4.69) is 19.7 Å². The second kappa shape index (κ2) is 4.94. The van der Waals surface area contributed by atoms with Crippen LogP contribution in [-0.2, 0) is 9.47 Å². The summed E-state index contributed by atoms with van der Waals surface area (Å²) in [5.74, 6) is -2.97. The number of rotatable bonds is 3. The molecule has 1 saturated heterocycles. The first-order chi connectivity index (χ1) is 10.7.